The summed E-state index contributed by atoms with van der Waals surface area (Å²) in [6.45, 7) is 0.445. The van der Waals surface area contributed by atoms with Gasteiger partial charge in [0.15, 0.2) is 17.1 Å². The minimum absolute atomic E-state index is 0.432. The third-order valence-electron chi connectivity index (χ3n) is 2.98. The van der Waals surface area contributed by atoms with Gasteiger partial charge in [-0.05, 0) is 23.8 Å². The van der Waals surface area contributed by atoms with Crippen molar-refractivity contribution < 1.29 is 9.47 Å². The Bertz CT molecular complexity index is 776. The van der Waals surface area contributed by atoms with Crippen LogP contribution in [0.4, 0.5) is 0 Å². The van der Waals surface area contributed by atoms with Crippen LogP contribution in [0.25, 0.3) is 11.2 Å². The Morgan fingerprint density at radius 2 is 1.90 bits per heavy atom. The van der Waals surface area contributed by atoms with Gasteiger partial charge in [0, 0.05) is 25.0 Å². The maximum absolute atomic E-state index is 5.76. The molecule has 0 aliphatic heterocycles. The summed E-state index contributed by atoms with van der Waals surface area (Å²) in [6.07, 6.45) is 3.22. The van der Waals surface area contributed by atoms with E-state index in [9.17, 15) is 0 Å². The Kier molecular flexibility index (Phi) is 3.61. The molecule has 0 unspecified atom stereocenters. The highest BCUT2D eigenvalue weighted by molar-refractivity contribution is 5.69. The van der Waals surface area contributed by atoms with Gasteiger partial charge in [-0.3, -0.25) is 4.98 Å². The highest BCUT2D eigenvalue weighted by Crippen LogP contribution is 2.31. The molecule has 0 spiro atoms. The van der Waals surface area contributed by atoms with Gasteiger partial charge in [-0.25, -0.2) is 4.98 Å². The zero-order valence-electron chi connectivity index (χ0n) is 11.5. The normalized spacial score (nSPS) is 10.6. The Morgan fingerprint density at radius 3 is 2.71 bits per heavy atom. The van der Waals surface area contributed by atoms with Crippen molar-refractivity contribution in [3.05, 3.63) is 48.3 Å². The smallest absolute Gasteiger partial charge is 0.221 e. The van der Waals surface area contributed by atoms with Gasteiger partial charge in [-0.1, -0.05) is 6.07 Å². The maximum Gasteiger partial charge on any atom is 0.221 e. The van der Waals surface area contributed by atoms with E-state index in [0.29, 0.717) is 29.6 Å². The Morgan fingerprint density at radius 1 is 1.05 bits per heavy atom. The molecule has 1 aromatic carbocycles. The lowest BCUT2D eigenvalue weighted by Crippen LogP contribution is -1.98. The standard InChI is InChI=1S/C15H14N4O2/c1-20-13-8-10(9-16)2-4-12(13)21-14-5-3-11-15(19-14)18-7-6-17-11/h2-8H,9,16H2,1H3. The highest BCUT2D eigenvalue weighted by Gasteiger charge is 2.08. The third kappa shape index (κ3) is 2.75. The van der Waals surface area contributed by atoms with E-state index in [2.05, 4.69) is 15.0 Å². The minimum Gasteiger partial charge on any atom is -0.493 e. The molecule has 21 heavy (non-hydrogen) atoms. The van der Waals surface area contributed by atoms with E-state index in [-0.39, 0.29) is 0 Å². The number of nitrogens with two attached hydrogens (primary N) is 1. The lowest BCUT2D eigenvalue weighted by atomic mass is 10.2. The molecular formula is C15H14N4O2. The van der Waals surface area contributed by atoms with Crippen molar-refractivity contribution in [1.82, 2.24) is 15.0 Å². The van der Waals surface area contributed by atoms with E-state index >= 15 is 0 Å². The fourth-order valence-corrected chi connectivity index (χ4v) is 1.93. The molecule has 6 heteroatoms. The summed E-state index contributed by atoms with van der Waals surface area (Å²) in [4.78, 5) is 12.6. The first-order valence-electron chi connectivity index (χ1n) is 6.43. The van der Waals surface area contributed by atoms with Crippen molar-refractivity contribution in [3.63, 3.8) is 0 Å². The summed E-state index contributed by atoms with van der Waals surface area (Å²) < 4.78 is 11.1. The van der Waals surface area contributed by atoms with E-state index in [4.69, 9.17) is 15.2 Å². The van der Waals surface area contributed by atoms with Crippen LogP contribution in [0.2, 0.25) is 0 Å². The Labute approximate surface area is 121 Å². The van der Waals surface area contributed by atoms with E-state index in [0.717, 1.165) is 11.1 Å². The molecule has 3 rings (SSSR count). The first-order valence-corrected chi connectivity index (χ1v) is 6.43. The van der Waals surface area contributed by atoms with Crippen molar-refractivity contribution in [2.75, 3.05) is 7.11 Å². The molecule has 0 amide bonds. The molecule has 0 atom stereocenters. The average molecular weight is 282 g/mol. The van der Waals surface area contributed by atoms with Gasteiger partial charge in [-0.15, -0.1) is 0 Å². The number of fused-ring (bicyclic) bond motifs is 1. The predicted octanol–water partition coefficient (Wildman–Crippen LogP) is 2.28. The SMILES string of the molecule is COc1cc(CN)ccc1Oc1ccc2nccnc2n1. The van der Waals surface area contributed by atoms with Crippen LogP contribution in [0.5, 0.6) is 17.4 Å². The van der Waals surface area contributed by atoms with Gasteiger partial charge in [0.05, 0.1) is 7.11 Å². The second-order valence-electron chi connectivity index (χ2n) is 4.34. The molecule has 2 heterocycles. The topological polar surface area (TPSA) is 83.2 Å². The molecule has 2 N–H and O–H groups in total. The van der Waals surface area contributed by atoms with Crippen LogP contribution in [0.1, 0.15) is 5.56 Å². The number of rotatable bonds is 4. The van der Waals surface area contributed by atoms with E-state index < -0.39 is 0 Å². The molecule has 3 aromatic rings. The molecule has 0 radical (unpaired) electrons. The fourth-order valence-electron chi connectivity index (χ4n) is 1.93. The number of aromatic nitrogens is 3. The lowest BCUT2D eigenvalue weighted by molar-refractivity contribution is 0.374. The van der Waals surface area contributed by atoms with Crippen LogP contribution < -0.4 is 15.2 Å². The number of hydrogen-bond donors (Lipinski definition) is 1. The van der Waals surface area contributed by atoms with Gasteiger partial charge in [-0.2, -0.15) is 4.98 Å². The summed E-state index contributed by atoms with van der Waals surface area (Å²) in [5.41, 5.74) is 7.84. The van der Waals surface area contributed by atoms with Gasteiger partial charge in [0.25, 0.3) is 0 Å². The van der Waals surface area contributed by atoms with E-state index in [1.165, 1.54) is 0 Å². The number of ether oxygens (including phenoxy) is 2. The largest absolute Gasteiger partial charge is 0.493 e. The molecule has 0 aliphatic carbocycles. The molecule has 0 bridgehead atoms. The fraction of sp³-hybridized carbons (Fsp3) is 0.133. The van der Waals surface area contributed by atoms with Crippen molar-refractivity contribution in [3.8, 4) is 17.4 Å². The first-order chi connectivity index (χ1) is 10.3. The van der Waals surface area contributed by atoms with Crippen LogP contribution >= 0.6 is 0 Å². The van der Waals surface area contributed by atoms with Crippen molar-refractivity contribution in [2.24, 2.45) is 5.73 Å². The van der Waals surface area contributed by atoms with Crippen molar-refractivity contribution in [1.29, 1.82) is 0 Å². The number of hydrogen-bond acceptors (Lipinski definition) is 6. The highest BCUT2D eigenvalue weighted by atomic mass is 16.5. The number of pyridine rings is 1. The number of methoxy groups -OCH3 is 1. The summed E-state index contributed by atoms with van der Waals surface area (Å²) in [7, 11) is 1.59. The average Bonchev–Trinajstić information content (AvgIpc) is 2.55. The zero-order chi connectivity index (χ0) is 14.7. The summed E-state index contributed by atoms with van der Waals surface area (Å²) >= 11 is 0. The van der Waals surface area contributed by atoms with Crippen LogP contribution in [0.3, 0.4) is 0 Å². The summed E-state index contributed by atoms with van der Waals surface area (Å²) in [5, 5.41) is 0. The van der Waals surface area contributed by atoms with Gasteiger partial charge < -0.3 is 15.2 Å². The number of benzene rings is 1. The second-order valence-corrected chi connectivity index (χ2v) is 4.34. The van der Waals surface area contributed by atoms with Gasteiger partial charge >= 0.3 is 0 Å². The zero-order valence-corrected chi connectivity index (χ0v) is 11.5. The van der Waals surface area contributed by atoms with Gasteiger partial charge in [0.1, 0.15) is 5.52 Å². The van der Waals surface area contributed by atoms with Crippen LogP contribution in [-0.2, 0) is 6.54 Å². The van der Waals surface area contributed by atoms with E-state index in [1.807, 2.05) is 24.3 Å². The molecular weight excluding hydrogens is 268 g/mol. The second kappa shape index (κ2) is 5.72. The third-order valence-corrected chi connectivity index (χ3v) is 2.98. The van der Waals surface area contributed by atoms with Crippen LogP contribution in [0.15, 0.2) is 42.7 Å². The number of nitrogens with zero attached hydrogens (tertiary/aromatic N) is 3. The monoisotopic (exact) mass is 282 g/mol. The molecule has 2 aromatic heterocycles. The first kappa shape index (κ1) is 13.3. The predicted molar refractivity (Wildman–Crippen MR) is 78.3 cm³/mol. The summed E-state index contributed by atoms with van der Waals surface area (Å²) in [6, 6.07) is 9.09. The van der Waals surface area contributed by atoms with Crippen LogP contribution in [-0.4, -0.2) is 22.1 Å². The van der Waals surface area contributed by atoms with Crippen LogP contribution in [0, 0.1) is 0 Å². The van der Waals surface area contributed by atoms with Crippen molar-refractivity contribution >= 4 is 11.2 Å². The van der Waals surface area contributed by atoms with Crippen molar-refractivity contribution in [2.45, 2.75) is 6.54 Å². The molecule has 106 valence electrons. The molecule has 0 fully saturated rings. The molecule has 0 saturated heterocycles. The Hall–Kier alpha value is -2.73. The van der Waals surface area contributed by atoms with Gasteiger partial charge in [0.2, 0.25) is 5.88 Å². The van der Waals surface area contributed by atoms with E-state index in [1.54, 1.807) is 25.6 Å². The molecule has 0 aliphatic rings. The molecule has 6 nitrogen and oxygen atoms in total. The summed E-state index contributed by atoms with van der Waals surface area (Å²) in [5.74, 6) is 1.62. The molecule has 0 saturated carbocycles. The maximum atomic E-state index is 5.76. The minimum atomic E-state index is 0.432. The lowest BCUT2D eigenvalue weighted by Gasteiger charge is -2.11. The Balaban J connectivity index is 1.94. The quantitative estimate of drug-likeness (QED) is 0.790.